The van der Waals surface area contributed by atoms with Crippen molar-refractivity contribution in [2.45, 2.75) is 38.7 Å². The maximum absolute atomic E-state index is 11.1. The van der Waals surface area contributed by atoms with E-state index in [9.17, 15) is 4.79 Å². The van der Waals surface area contributed by atoms with Crippen LogP contribution in [-0.2, 0) is 0 Å². The van der Waals surface area contributed by atoms with Gasteiger partial charge >= 0.3 is 0 Å². The van der Waals surface area contributed by atoms with Gasteiger partial charge in [-0.05, 0) is 62.3 Å². The minimum atomic E-state index is -0.410. The lowest BCUT2D eigenvalue weighted by Crippen LogP contribution is -2.25. The van der Waals surface area contributed by atoms with Crippen LogP contribution >= 0.6 is 0 Å². The molecule has 1 fully saturated rings. The van der Waals surface area contributed by atoms with Crippen molar-refractivity contribution in [1.82, 2.24) is 0 Å². The second-order valence-electron chi connectivity index (χ2n) is 5.28. The van der Waals surface area contributed by atoms with Gasteiger partial charge in [0, 0.05) is 12.2 Å². The average molecular weight is 263 g/mol. The fourth-order valence-corrected chi connectivity index (χ4v) is 2.61. The Kier molecular flexibility index (Phi) is 4.43. The molecule has 0 saturated heterocycles. The van der Waals surface area contributed by atoms with Crippen molar-refractivity contribution in [3.05, 3.63) is 29.3 Å². The van der Waals surface area contributed by atoms with Gasteiger partial charge in [-0.1, -0.05) is 0 Å². The van der Waals surface area contributed by atoms with Crippen molar-refractivity contribution in [1.29, 1.82) is 0 Å². The Balaban J connectivity index is 1.97. The Labute approximate surface area is 113 Å². The Morgan fingerprint density at radius 1 is 1.37 bits per heavy atom. The maximum Gasteiger partial charge on any atom is 0.248 e. The number of carbonyl (C=O) groups excluding carboxylic acids is 1. The summed E-state index contributed by atoms with van der Waals surface area (Å²) in [5.41, 5.74) is 6.66. The molecule has 19 heavy (non-hydrogen) atoms. The van der Waals surface area contributed by atoms with E-state index in [-0.39, 0.29) is 12.7 Å². The highest BCUT2D eigenvalue weighted by Gasteiger charge is 2.22. The first-order valence-corrected chi connectivity index (χ1v) is 6.78. The van der Waals surface area contributed by atoms with E-state index in [1.165, 1.54) is 0 Å². The highest BCUT2D eigenvalue weighted by atomic mass is 16.5. The summed E-state index contributed by atoms with van der Waals surface area (Å²) < 4.78 is 5.93. The number of ether oxygens (including phenoxy) is 1. The third kappa shape index (κ3) is 3.47. The van der Waals surface area contributed by atoms with E-state index in [4.69, 9.17) is 15.6 Å². The van der Waals surface area contributed by atoms with Gasteiger partial charge in [0.15, 0.2) is 0 Å². The van der Waals surface area contributed by atoms with Crippen molar-refractivity contribution in [2.75, 3.05) is 6.61 Å². The standard InChI is InChI=1S/C15H21NO3/c1-10-8-13(6-7-14(10)15(16)18)19-12-4-2-11(9-17)3-5-12/h6-8,11-12,17H,2-5,9H2,1H3,(H2,16,18). The summed E-state index contributed by atoms with van der Waals surface area (Å²) in [4.78, 5) is 11.1. The molecule has 1 aromatic carbocycles. The second-order valence-corrected chi connectivity index (χ2v) is 5.28. The van der Waals surface area contributed by atoms with Gasteiger partial charge in [-0.3, -0.25) is 4.79 Å². The fourth-order valence-electron chi connectivity index (χ4n) is 2.61. The number of carbonyl (C=O) groups is 1. The molecule has 1 aromatic rings. The van der Waals surface area contributed by atoms with E-state index < -0.39 is 5.91 Å². The van der Waals surface area contributed by atoms with Crippen molar-refractivity contribution in [3.63, 3.8) is 0 Å². The van der Waals surface area contributed by atoms with Crippen LogP contribution < -0.4 is 10.5 Å². The minimum absolute atomic E-state index is 0.210. The van der Waals surface area contributed by atoms with Crippen molar-refractivity contribution >= 4 is 5.91 Å². The van der Waals surface area contributed by atoms with Crippen LogP contribution in [0.1, 0.15) is 41.6 Å². The van der Waals surface area contributed by atoms with Crippen LogP contribution in [0, 0.1) is 12.8 Å². The average Bonchev–Trinajstić information content (AvgIpc) is 2.39. The molecule has 4 heteroatoms. The molecule has 2 rings (SSSR count). The Morgan fingerprint density at radius 2 is 2.05 bits per heavy atom. The van der Waals surface area contributed by atoms with E-state index in [1.54, 1.807) is 12.1 Å². The number of aliphatic hydroxyl groups is 1. The first-order chi connectivity index (χ1) is 9.10. The Morgan fingerprint density at radius 3 is 2.58 bits per heavy atom. The van der Waals surface area contributed by atoms with Crippen LogP contribution in [0.5, 0.6) is 5.75 Å². The molecular formula is C15H21NO3. The summed E-state index contributed by atoms with van der Waals surface area (Å²) >= 11 is 0. The van der Waals surface area contributed by atoms with Crippen LogP contribution in [0.2, 0.25) is 0 Å². The summed E-state index contributed by atoms with van der Waals surface area (Å²) in [6, 6.07) is 5.37. The van der Waals surface area contributed by atoms with E-state index in [0.29, 0.717) is 11.5 Å². The molecule has 4 nitrogen and oxygen atoms in total. The summed E-state index contributed by atoms with van der Waals surface area (Å²) in [6.45, 7) is 2.13. The molecule has 0 unspecified atom stereocenters. The minimum Gasteiger partial charge on any atom is -0.490 e. The number of hydrogen-bond acceptors (Lipinski definition) is 3. The first-order valence-electron chi connectivity index (χ1n) is 6.78. The van der Waals surface area contributed by atoms with Crippen LogP contribution in [0.25, 0.3) is 0 Å². The van der Waals surface area contributed by atoms with Gasteiger partial charge in [0.05, 0.1) is 6.10 Å². The zero-order valence-corrected chi connectivity index (χ0v) is 11.3. The zero-order chi connectivity index (χ0) is 13.8. The Bertz CT molecular complexity index is 451. The maximum atomic E-state index is 11.1. The topological polar surface area (TPSA) is 72.6 Å². The number of aliphatic hydroxyl groups excluding tert-OH is 1. The van der Waals surface area contributed by atoms with Gasteiger partial charge in [0.25, 0.3) is 0 Å². The number of primary amides is 1. The summed E-state index contributed by atoms with van der Waals surface area (Å²) in [7, 11) is 0. The largest absolute Gasteiger partial charge is 0.490 e. The van der Waals surface area contributed by atoms with Crippen LogP contribution in [-0.4, -0.2) is 23.7 Å². The van der Waals surface area contributed by atoms with E-state index >= 15 is 0 Å². The molecule has 0 atom stereocenters. The summed E-state index contributed by atoms with van der Waals surface area (Å²) in [5, 5.41) is 9.10. The number of rotatable bonds is 4. The highest BCUT2D eigenvalue weighted by Crippen LogP contribution is 2.28. The van der Waals surface area contributed by atoms with Crippen molar-refractivity contribution < 1.29 is 14.6 Å². The first kappa shape index (κ1) is 13.9. The van der Waals surface area contributed by atoms with Gasteiger partial charge in [-0.2, -0.15) is 0 Å². The van der Waals surface area contributed by atoms with Crippen molar-refractivity contribution in [3.8, 4) is 5.75 Å². The number of nitrogens with two attached hydrogens (primary N) is 1. The smallest absolute Gasteiger partial charge is 0.248 e. The predicted octanol–water partition coefficient (Wildman–Crippen LogP) is 2.02. The molecule has 3 N–H and O–H groups in total. The second kappa shape index (κ2) is 6.06. The number of hydrogen-bond donors (Lipinski definition) is 2. The van der Waals surface area contributed by atoms with E-state index in [1.807, 2.05) is 13.0 Å². The molecule has 0 bridgehead atoms. The molecule has 1 amide bonds. The molecule has 0 aromatic heterocycles. The lowest BCUT2D eigenvalue weighted by molar-refractivity contribution is 0.0999. The summed E-state index contributed by atoms with van der Waals surface area (Å²) in [5.74, 6) is 0.807. The third-order valence-corrected chi connectivity index (χ3v) is 3.82. The lowest BCUT2D eigenvalue weighted by Gasteiger charge is -2.28. The molecule has 1 aliphatic carbocycles. The Hall–Kier alpha value is -1.55. The molecule has 0 spiro atoms. The SMILES string of the molecule is Cc1cc(OC2CCC(CO)CC2)ccc1C(N)=O. The third-order valence-electron chi connectivity index (χ3n) is 3.82. The summed E-state index contributed by atoms with van der Waals surface area (Å²) in [6.07, 6.45) is 4.18. The highest BCUT2D eigenvalue weighted by molar-refractivity contribution is 5.94. The van der Waals surface area contributed by atoms with E-state index in [2.05, 4.69) is 0 Å². The molecule has 104 valence electrons. The normalized spacial score (nSPS) is 23.1. The number of amides is 1. The predicted molar refractivity (Wildman–Crippen MR) is 73.2 cm³/mol. The van der Waals surface area contributed by atoms with E-state index in [0.717, 1.165) is 37.0 Å². The molecule has 0 heterocycles. The zero-order valence-electron chi connectivity index (χ0n) is 11.3. The van der Waals surface area contributed by atoms with Crippen LogP contribution in [0.15, 0.2) is 18.2 Å². The van der Waals surface area contributed by atoms with Crippen molar-refractivity contribution in [2.24, 2.45) is 11.7 Å². The van der Waals surface area contributed by atoms with Gasteiger partial charge in [0.2, 0.25) is 5.91 Å². The molecule has 1 aliphatic rings. The van der Waals surface area contributed by atoms with Gasteiger partial charge < -0.3 is 15.6 Å². The van der Waals surface area contributed by atoms with Gasteiger partial charge in [0.1, 0.15) is 5.75 Å². The van der Waals surface area contributed by atoms with Crippen LogP contribution in [0.4, 0.5) is 0 Å². The number of aryl methyl sites for hydroxylation is 1. The van der Waals surface area contributed by atoms with Gasteiger partial charge in [-0.15, -0.1) is 0 Å². The lowest BCUT2D eigenvalue weighted by atomic mass is 9.88. The molecule has 0 aliphatic heterocycles. The fraction of sp³-hybridized carbons (Fsp3) is 0.533. The number of benzene rings is 1. The quantitative estimate of drug-likeness (QED) is 0.873. The molecule has 1 saturated carbocycles. The molecule has 0 radical (unpaired) electrons. The van der Waals surface area contributed by atoms with Gasteiger partial charge in [-0.25, -0.2) is 0 Å². The van der Waals surface area contributed by atoms with Crippen LogP contribution in [0.3, 0.4) is 0 Å². The molecular weight excluding hydrogens is 242 g/mol. The monoisotopic (exact) mass is 263 g/mol.